The van der Waals surface area contributed by atoms with E-state index >= 15 is 0 Å². The number of nitrogens with one attached hydrogen (secondary N) is 2. The fourth-order valence-corrected chi connectivity index (χ4v) is 5.41. The number of likely N-dealkylation sites (tertiary alicyclic amines) is 1. The minimum atomic E-state index is -0.344. The first-order chi connectivity index (χ1) is 14.9. The van der Waals surface area contributed by atoms with Crippen molar-refractivity contribution in [3.05, 3.63) is 35.3 Å². The summed E-state index contributed by atoms with van der Waals surface area (Å²) in [6.07, 6.45) is 4.15. The highest BCUT2D eigenvalue weighted by molar-refractivity contribution is 6.01. The van der Waals surface area contributed by atoms with E-state index in [1.54, 1.807) is 13.0 Å². The van der Waals surface area contributed by atoms with Gasteiger partial charge in [-0.15, -0.1) is 0 Å². The standard InChI is InChI=1S/C24H30FN3O3/c1-13-18-4-3-5-19(25)23(18)27-22(13)24(30)28-10-16-8-20(26-14(2)29)21(9-17(16)11-28)31-12-15-6-7-15/h3-5,15-17,20-21,27H,6-12H2,1-2H3,(H,26,29)/t16-,17+,20-,21-/m1/s1. The van der Waals surface area contributed by atoms with Gasteiger partial charge in [0, 0.05) is 32.0 Å². The molecule has 4 atom stereocenters. The molecule has 2 amide bonds. The second-order valence-corrected chi connectivity index (χ2v) is 9.61. The van der Waals surface area contributed by atoms with Crippen LogP contribution < -0.4 is 5.32 Å². The Balaban J connectivity index is 1.32. The lowest BCUT2D eigenvalue weighted by atomic mass is 9.77. The highest BCUT2D eigenvalue weighted by atomic mass is 19.1. The zero-order valence-corrected chi connectivity index (χ0v) is 18.1. The molecule has 1 aromatic carbocycles. The lowest BCUT2D eigenvalue weighted by Gasteiger charge is -2.38. The predicted molar refractivity (Wildman–Crippen MR) is 115 cm³/mol. The summed E-state index contributed by atoms with van der Waals surface area (Å²) in [5.74, 6) is 0.910. The number of nitrogens with zero attached hydrogens (tertiary/aromatic N) is 1. The largest absolute Gasteiger partial charge is 0.376 e. The summed E-state index contributed by atoms with van der Waals surface area (Å²) in [4.78, 5) is 30.0. The van der Waals surface area contributed by atoms with Gasteiger partial charge in [-0.1, -0.05) is 12.1 Å². The molecule has 3 aliphatic rings. The third-order valence-electron chi connectivity index (χ3n) is 7.29. The number of hydrogen-bond acceptors (Lipinski definition) is 3. The first-order valence-electron chi connectivity index (χ1n) is 11.4. The van der Waals surface area contributed by atoms with Gasteiger partial charge >= 0.3 is 0 Å². The Kier molecular flexibility index (Phi) is 5.24. The summed E-state index contributed by atoms with van der Waals surface area (Å²) in [6, 6.07) is 4.91. The van der Waals surface area contributed by atoms with E-state index in [2.05, 4.69) is 10.3 Å². The maximum atomic E-state index is 14.2. The second-order valence-electron chi connectivity index (χ2n) is 9.61. The van der Waals surface area contributed by atoms with Crippen LogP contribution in [0.15, 0.2) is 18.2 Å². The van der Waals surface area contributed by atoms with Crippen molar-refractivity contribution in [1.29, 1.82) is 0 Å². The van der Waals surface area contributed by atoms with E-state index in [0.29, 0.717) is 42.1 Å². The second kappa shape index (κ2) is 7.93. The van der Waals surface area contributed by atoms with E-state index < -0.39 is 0 Å². The molecule has 2 aliphatic carbocycles. The van der Waals surface area contributed by atoms with Crippen LogP contribution in [0.2, 0.25) is 0 Å². The first-order valence-corrected chi connectivity index (χ1v) is 11.4. The van der Waals surface area contributed by atoms with Crippen LogP contribution in [0.1, 0.15) is 48.7 Å². The predicted octanol–water partition coefficient (Wildman–Crippen LogP) is 3.40. The molecular formula is C24H30FN3O3. The summed E-state index contributed by atoms with van der Waals surface area (Å²) in [7, 11) is 0. The maximum absolute atomic E-state index is 14.2. The van der Waals surface area contributed by atoms with Crippen LogP contribution in [-0.4, -0.2) is 53.5 Å². The van der Waals surface area contributed by atoms with E-state index in [9.17, 15) is 14.0 Å². The smallest absolute Gasteiger partial charge is 0.270 e. The molecule has 7 heteroatoms. The average Bonchev–Trinajstić information content (AvgIpc) is 3.37. The van der Waals surface area contributed by atoms with Gasteiger partial charge in [-0.25, -0.2) is 4.39 Å². The Bertz CT molecular complexity index is 1010. The van der Waals surface area contributed by atoms with Crippen molar-refractivity contribution in [3.63, 3.8) is 0 Å². The number of amides is 2. The van der Waals surface area contributed by atoms with Crippen LogP contribution in [0.4, 0.5) is 4.39 Å². The molecule has 0 radical (unpaired) electrons. The molecule has 5 rings (SSSR count). The molecule has 2 saturated carbocycles. The number of H-pyrrole nitrogens is 1. The number of carbonyl (C=O) groups excluding carboxylic acids is 2. The molecular weight excluding hydrogens is 397 g/mol. The van der Waals surface area contributed by atoms with Crippen molar-refractivity contribution >= 4 is 22.7 Å². The summed E-state index contributed by atoms with van der Waals surface area (Å²) < 4.78 is 20.4. The number of aromatic nitrogens is 1. The number of aromatic amines is 1. The zero-order chi connectivity index (χ0) is 21.7. The molecule has 2 N–H and O–H groups in total. The number of carbonyl (C=O) groups is 2. The van der Waals surface area contributed by atoms with Gasteiger partial charge in [-0.2, -0.15) is 0 Å². The summed E-state index contributed by atoms with van der Waals surface area (Å²) in [5, 5.41) is 3.83. The molecule has 31 heavy (non-hydrogen) atoms. The van der Waals surface area contributed by atoms with Crippen LogP contribution in [0.3, 0.4) is 0 Å². The Morgan fingerprint density at radius 2 is 1.97 bits per heavy atom. The molecule has 6 nitrogen and oxygen atoms in total. The quantitative estimate of drug-likeness (QED) is 0.768. The van der Waals surface area contributed by atoms with Crippen molar-refractivity contribution in [2.45, 2.75) is 51.7 Å². The van der Waals surface area contributed by atoms with E-state index in [-0.39, 0.29) is 29.8 Å². The van der Waals surface area contributed by atoms with Crippen LogP contribution in [0.25, 0.3) is 10.9 Å². The lowest BCUT2D eigenvalue weighted by molar-refractivity contribution is -0.122. The van der Waals surface area contributed by atoms with Crippen LogP contribution >= 0.6 is 0 Å². The number of benzene rings is 1. The molecule has 2 heterocycles. The van der Waals surface area contributed by atoms with Crippen molar-refractivity contribution < 1.29 is 18.7 Å². The van der Waals surface area contributed by atoms with Crippen molar-refractivity contribution in [1.82, 2.24) is 15.2 Å². The zero-order valence-electron chi connectivity index (χ0n) is 18.1. The van der Waals surface area contributed by atoms with E-state index in [1.807, 2.05) is 17.9 Å². The molecule has 166 valence electrons. The summed E-state index contributed by atoms with van der Waals surface area (Å²) in [6.45, 7) is 5.51. The Morgan fingerprint density at radius 3 is 2.65 bits per heavy atom. The van der Waals surface area contributed by atoms with Crippen molar-refractivity contribution in [2.75, 3.05) is 19.7 Å². The van der Waals surface area contributed by atoms with Gasteiger partial charge in [0.1, 0.15) is 11.5 Å². The molecule has 1 aliphatic heterocycles. The summed E-state index contributed by atoms with van der Waals surface area (Å²) in [5.41, 5.74) is 1.65. The average molecular weight is 428 g/mol. The van der Waals surface area contributed by atoms with Gasteiger partial charge in [0.15, 0.2) is 0 Å². The fraction of sp³-hybridized carbons (Fsp3) is 0.583. The van der Waals surface area contributed by atoms with Gasteiger partial charge in [0.2, 0.25) is 5.91 Å². The Morgan fingerprint density at radius 1 is 1.23 bits per heavy atom. The molecule has 2 aromatic rings. The first kappa shape index (κ1) is 20.5. The highest BCUT2D eigenvalue weighted by Gasteiger charge is 2.45. The van der Waals surface area contributed by atoms with E-state index in [4.69, 9.17) is 4.74 Å². The molecule has 1 aromatic heterocycles. The molecule has 1 saturated heterocycles. The molecule has 0 unspecified atom stereocenters. The van der Waals surface area contributed by atoms with Crippen molar-refractivity contribution in [2.24, 2.45) is 17.8 Å². The minimum absolute atomic E-state index is 0.00328. The number of fused-ring (bicyclic) bond motifs is 2. The monoisotopic (exact) mass is 427 g/mol. The van der Waals surface area contributed by atoms with Crippen LogP contribution in [-0.2, 0) is 9.53 Å². The van der Waals surface area contributed by atoms with Gasteiger partial charge in [0.05, 0.1) is 17.7 Å². The third kappa shape index (κ3) is 3.95. The van der Waals surface area contributed by atoms with Crippen molar-refractivity contribution in [3.8, 4) is 0 Å². The lowest BCUT2D eigenvalue weighted by Crippen LogP contribution is -2.50. The highest BCUT2D eigenvalue weighted by Crippen LogP contribution is 2.39. The number of ether oxygens (including phenoxy) is 1. The van der Waals surface area contributed by atoms with Gasteiger partial charge in [0.25, 0.3) is 5.91 Å². The number of rotatable bonds is 5. The van der Waals surface area contributed by atoms with Crippen LogP contribution in [0, 0.1) is 30.5 Å². The van der Waals surface area contributed by atoms with Crippen LogP contribution in [0.5, 0.6) is 0 Å². The SMILES string of the molecule is CC(=O)N[C@@H]1C[C@@H]2CN(C(=O)c3[nH]c4c(F)cccc4c3C)C[C@@H]2C[C@H]1OCC1CC1. The van der Waals surface area contributed by atoms with Gasteiger partial charge in [-0.3, -0.25) is 9.59 Å². The Labute approximate surface area is 181 Å². The van der Waals surface area contributed by atoms with E-state index in [0.717, 1.165) is 30.4 Å². The molecule has 3 fully saturated rings. The Hall–Kier alpha value is -2.41. The minimum Gasteiger partial charge on any atom is -0.376 e. The van der Waals surface area contributed by atoms with Gasteiger partial charge in [-0.05, 0) is 62.0 Å². The number of aryl methyl sites for hydroxylation is 1. The maximum Gasteiger partial charge on any atom is 0.270 e. The molecule has 0 spiro atoms. The normalized spacial score (nSPS) is 28.0. The number of para-hydroxylation sites is 1. The number of halogens is 1. The third-order valence-corrected chi connectivity index (χ3v) is 7.29. The molecule has 0 bridgehead atoms. The number of hydrogen-bond donors (Lipinski definition) is 2. The fourth-order valence-electron chi connectivity index (χ4n) is 5.41. The van der Waals surface area contributed by atoms with E-state index in [1.165, 1.54) is 18.9 Å². The van der Waals surface area contributed by atoms with Gasteiger partial charge < -0.3 is 19.9 Å². The summed E-state index contributed by atoms with van der Waals surface area (Å²) >= 11 is 0. The topological polar surface area (TPSA) is 74.4 Å².